The van der Waals surface area contributed by atoms with Crippen molar-refractivity contribution in [1.29, 1.82) is 0 Å². The molecule has 6 nitrogen and oxygen atoms in total. The number of rotatable bonds is 13. The van der Waals surface area contributed by atoms with Crippen LogP contribution in [0.3, 0.4) is 0 Å². The molecule has 1 saturated heterocycles. The molecule has 2 aliphatic carbocycles. The number of nitrogens with zero attached hydrogens (tertiary/aromatic N) is 1. The highest BCUT2D eigenvalue weighted by molar-refractivity contribution is 5.92. The van der Waals surface area contributed by atoms with E-state index in [0.29, 0.717) is 38.5 Å². The minimum atomic E-state index is -0.793. The first kappa shape index (κ1) is 27.7. The highest BCUT2D eigenvalue weighted by Crippen LogP contribution is 2.50. The Kier molecular flexibility index (Phi) is 11.1. The Morgan fingerprint density at radius 2 is 1.80 bits per heavy atom. The van der Waals surface area contributed by atoms with Gasteiger partial charge in [-0.05, 0) is 57.8 Å². The topological polar surface area (TPSA) is 75.7 Å². The number of hydrogen-bond acceptors (Lipinski definition) is 4. The highest BCUT2D eigenvalue weighted by atomic mass is 16.5. The van der Waals surface area contributed by atoms with Crippen LogP contribution in [0.15, 0.2) is 11.8 Å². The standard InChI is InChI=1S/C29H48N2O4/c1-3-5-6-7-8-14-19-31-25-17-12-13-18-29(25,28(34)35-4-2)21-24(27(31)33)20-26(32)30-22-23-15-10-9-11-16-23/h17,23-24H,3-16,18-22H2,1-2H3,(H,30,32)/t24-,29+/m1/s1. The molecule has 2 fully saturated rings. The Hall–Kier alpha value is -1.85. The van der Waals surface area contributed by atoms with E-state index in [1.54, 1.807) is 0 Å². The molecule has 2 amide bonds. The van der Waals surface area contributed by atoms with E-state index in [-0.39, 0.29) is 24.2 Å². The van der Waals surface area contributed by atoms with Gasteiger partial charge in [0, 0.05) is 31.1 Å². The van der Waals surface area contributed by atoms with Crippen molar-refractivity contribution in [3.05, 3.63) is 11.8 Å². The van der Waals surface area contributed by atoms with Crippen LogP contribution in [-0.2, 0) is 19.1 Å². The number of piperidine rings is 1. The van der Waals surface area contributed by atoms with Crippen LogP contribution >= 0.6 is 0 Å². The van der Waals surface area contributed by atoms with Crippen molar-refractivity contribution >= 4 is 17.8 Å². The quantitative estimate of drug-likeness (QED) is 0.259. The molecule has 3 rings (SSSR count). The van der Waals surface area contributed by atoms with Gasteiger partial charge in [0.05, 0.1) is 6.61 Å². The van der Waals surface area contributed by atoms with Crippen molar-refractivity contribution < 1.29 is 19.1 Å². The van der Waals surface area contributed by atoms with Crippen LogP contribution in [0, 0.1) is 17.3 Å². The third-order valence-electron chi connectivity index (χ3n) is 8.28. The van der Waals surface area contributed by atoms with Crippen molar-refractivity contribution in [2.24, 2.45) is 17.3 Å². The number of allylic oxidation sites excluding steroid dienone is 1. The molecular formula is C29H48N2O4. The molecule has 0 spiro atoms. The summed E-state index contributed by atoms with van der Waals surface area (Å²) in [7, 11) is 0. The number of hydrogen-bond donors (Lipinski definition) is 1. The number of amides is 2. The zero-order valence-corrected chi connectivity index (χ0v) is 22.2. The number of fused-ring (bicyclic) bond motifs is 1. The minimum Gasteiger partial charge on any atom is -0.465 e. The Morgan fingerprint density at radius 1 is 1.06 bits per heavy atom. The molecule has 0 bridgehead atoms. The molecular weight excluding hydrogens is 440 g/mol. The lowest BCUT2D eigenvalue weighted by Gasteiger charge is -2.48. The normalized spacial score (nSPS) is 25.1. The molecule has 3 aliphatic rings. The fourth-order valence-corrected chi connectivity index (χ4v) is 6.33. The van der Waals surface area contributed by atoms with E-state index in [4.69, 9.17) is 4.74 Å². The minimum absolute atomic E-state index is 0.0134. The average Bonchev–Trinajstić information content (AvgIpc) is 2.87. The molecule has 0 unspecified atom stereocenters. The van der Waals surface area contributed by atoms with Crippen LogP contribution in [0.2, 0.25) is 0 Å². The number of carbonyl (C=O) groups excluding carboxylic acids is 3. The lowest BCUT2D eigenvalue weighted by molar-refractivity contribution is -0.162. The summed E-state index contributed by atoms with van der Waals surface area (Å²) in [5.41, 5.74) is 0.0539. The lowest BCUT2D eigenvalue weighted by atomic mass is 9.66. The third kappa shape index (κ3) is 7.33. The van der Waals surface area contributed by atoms with Gasteiger partial charge in [0.2, 0.25) is 11.8 Å². The van der Waals surface area contributed by atoms with E-state index in [0.717, 1.165) is 31.4 Å². The van der Waals surface area contributed by atoms with Crippen molar-refractivity contribution in [3.8, 4) is 0 Å². The van der Waals surface area contributed by atoms with Crippen LogP contribution in [-0.4, -0.2) is 42.4 Å². The maximum Gasteiger partial charge on any atom is 0.318 e. The zero-order valence-electron chi connectivity index (χ0n) is 22.2. The van der Waals surface area contributed by atoms with E-state index in [1.165, 1.54) is 57.8 Å². The number of unbranched alkanes of at least 4 members (excludes halogenated alkanes) is 5. The van der Waals surface area contributed by atoms with Crippen molar-refractivity contribution in [2.45, 2.75) is 117 Å². The lowest BCUT2D eigenvalue weighted by Crippen LogP contribution is -2.54. The van der Waals surface area contributed by atoms with E-state index in [9.17, 15) is 14.4 Å². The Balaban J connectivity index is 1.70. The Morgan fingerprint density at radius 3 is 2.54 bits per heavy atom. The number of nitrogens with one attached hydrogen (secondary N) is 1. The number of carbonyl (C=O) groups is 3. The second kappa shape index (κ2) is 14.0. The first-order valence-corrected chi connectivity index (χ1v) is 14.5. The molecule has 1 saturated carbocycles. The van der Waals surface area contributed by atoms with Gasteiger partial charge in [0.25, 0.3) is 0 Å². The first-order valence-electron chi connectivity index (χ1n) is 14.5. The molecule has 35 heavy (non-hydrogen) atoms. The molecule has 0 radical (unpaired) electrons. The van der Waals surface area contributed by atoms with Gasteiger partial charge in [-0.2, -0.15) is 0 Å². The molecule has 2 atom stereocenters. The fraction of sp³-hybridized carbons (Fsp3) is 0.828. The summed E-state index contributed by atoms with van der Waals surface area (Å²) in [6.07, 6.45) is 18.1. The van der Waals surface area contributed by atoms with Crippen molar-refractivity contribution in [3.63, 3.8) is 0 Å². The molecule has 0 aromatic heterocycles. The van der Waals surface area contributed by atoms with Gasteiger partial charge < -0.3 is 15.0 Å². The summed E-state index contributed by atoms with van der Waals surface area (Å²) in [6, 6.07) is 0. The van der Waals surface area contributed by atoms with Gasteiger partial charge >= 0.3 is 5.97 Å². The van der Waals surface area contributed by atoms with Gasteiger partial charge in [-0.1, -0.05) is 64.4 Å². The maximum absolute atomic E-state index is 13.7. The molecule has 198 valence electrons. The smallest absolute Gasteiger partial charge is 0.318 e. The predicted molar refractivity (Wildman–Crippen MR) is 138 cm³/mol. The van der Waals surface area contributed by atoms with Crippen LogP contribution in [0.25, 0.3) is 0 Å². The average molecular weight is 489 g/mol. The second-order valence-corrected chi connectivity index (χ2v) is 11.0. The van der Waals surface area contributed by atoms with Gasteiger partial charge in [-0.3, -0.25) is 14.4 Å². The fourth-order valence-electron chi connectivity index (χ4n) is 6.33. The summed E-state index contributed by atoms with van der Waals surface area (Å²) in [5.74, 6) is -0.187. The van der Waals surface area contributed by atoms with Gasteiger partial charge in [-0.15, -0.1) is 0 Å². The SMILES string of the molecule is CCCCCCCCN1C(=O)[C@H](CC(=O)NCC2CCCCC2)C[C@@]2(C(=O)OCC)CCCC=C12. The van der Waals surface area contributed by atoms with E-state index < -0.39 is 11.3 Å². The van der Waals surface area contributed by atoms with Crippen LogP contribution in [0.1, 0.15) is 117 Å². The Labute approximate surface area is 212 Å². The van der Waals surface area contributed by atoms with E-state index in [1.807, 2.05) is 11.8 Å². The summed E-state index contributed by atoms with van der Waals surface area (Å²) < 4.78 is 5.56. The largest absolute Gasteiger partial charge is 0.465 e. The first-order chi connectivity index (χ1) is 17.0. The van der Waals surface area contributed by atoms with Gasteiger partial charge in [0.15, 0.2) is 0 Å². The second-order valence-electron chi connectivity index (χ2n) is 11.0. The Bertz CT molecular complexity index is 743. The zero-order chi connectivity index (χ0) is 25.1. The monoisotopic (exact) mass is 488 g/mol. The number of esters is 1. The third-order valence-corrected chi connectivity index (χ3v) is 8.28. The van der Waals surface area contributed by atoms with Crippen molar-refractivity contribution in [2.75, 3.05) is 19.7 Å². The molecule has 1 heterocycles. The summed E-state index contributed by atoms with van der Waals surface area (Å²) >= 11 is 0. The van der Waals surface area contributed by atoms with Crippen LogP contribution in [0.5, 0.6) is 0 Å². The van der Waals surface area contributed by atoms with E-state index >= 15 is 0 Å². The van der Waals surface area contributed by atoms with E-state index in [2.05, 4.69) is 18.3 Å². The van der Waals surface area contributed by atoms with Crippen LogP contribution < -0.4 is 5.32 Å². The molecule has 0 aromatic rings. The van der Waals surface area contributed by atoms with Crippen molar-refractivity contribution in [1.82, 2.24) is 10.2 Å². The summed E-state index contributed by atoms with van der Waals surface area (Å²) in [6.45, 7) is 5.70. The molecule has 1 N–H and O–H groups in total. The molecule has 0 aromatic carbocycles. The maximum atomic E-state index is 13.7. The summed E-state index contributed by atoms with van der Waals surface area (Å²) in [5, 5.41) is 3.11. The predicted octanol–water partition coefficient (Wildman–Crippen LogP) is 5.90. The van der Waals surface area contributed by atoms with Crippen LogP contribution in [0.4, 0.5) is 0 Å². The number of ether oxygens (including phenoxy) is 1. The van der Waals surface area contributed by atoms with Gasteiger partial charge in [0.1, 0.15) is 5.41 Å². The number of likely N-dealkylation sites (tertiary alicyclic amines) is 1. The molecule has 1 aliphatic heterocycles. The highest BCUT2D eigenvalue weighted by Gasteiger charge is 2.54. The summed E-state index contributed by atoms with van der Waals surface area (Å²) in [4.78, 5) is 41.8. The van der Waals surface area contributed by atoms with Gasteiger partial charge in [-0.25, -0.2) is 0 Å². The molecule has 6 heteroatoms.